The maximum absolute atomic E-state index is 11.9. The first kappa shape index (κ1) is 12.8. The molecule has 1 aromatic rings. The van der Waals surface area contributed by atoms with Gasteiger partial charge in [0.2, 0.25) is 0 Å². The van der Waals surface area contributed by atoms with Crippen molar-refractivity contribution in [3.63, 3.8) is 0 Å². The highest BCUT2D eigenvalue weighted by Crippen LogP contribution is 2.34. The Labute approximate surface area is 114 Å². The van der Waals surface area contributed by atoms with Gasteiger partial charge in [0.15, 0.2) is 0 Å². The number of carbonyl (C=O) groups is 1. The largest absolute Gasteiger partial charge is 0.456 e. The van der Waals surface area contributed by atoms with Gasteiger partial charge in [-0.1, -0.05) is 0 Å². The van der Waals surface area contributed by atoms with Crippen molar-refractivity contribution in [2.75, 3.05) is 13.7 Å². The van der Waals surface area contributed by atoms with E-state index in [1.165, 1.54) is 6.20 Å². The van der Waals surface area contributed by atoms with Crippen LogP contribution in [0.15, 0.2) is 18.5 Å². The topological polar surface area (TPSA) is 48.4 Å². The van der Waals surface area contributed by atoms with Crippen molar-refractivity contribution in [3.8, 4) is 0 Å². The summed E-state index contributed by atoms with van der Waals surface area (Å²) >= 11 is 2.12. The van der Waals surface area contributed by atoms with Crippen LogP contribution < -0.4 is 0 Å². The Kier molecular flexibility index (Phi) is 4.33. The normalized spacial score (nSPS) is 16.6. The molecule has 0 saturated heterocycles. The predicted octanol–water partition coefficient (Wildman–Crippen LogP) is 2.27. The standard InChI is InChI=1S/C12H14INO3/c1-16-7-11(8-2-3-8)17-12(15)9-4-10(13)6-14-5-9/h4-6,8,11H,2-3,7H2,1H3/t11-/m1/s1. The van der Waals surface area contributed by atoms with Crippen molar-refractivity contribution in [2.45, 2.75) is 18.9 Å². The van der Waals surface area contributed by atoms with Gasteiger partial charge in [0, 0.05) is 23.1 Å². The molecule has 0 unspecified atom stereocenters. The van der Waals surface area contributed by atoms with Crippen LogP contribution >= 0.6 is 22.6 Å². The molecule has 1 aliphatic rings. The number of nitrogens with zero attached hydrogens (tertiary/aromatic N) is 1. The second-order valence-corrected chi connectivity index (χ2v) is 5.37. The van der Waals surface area contributed by atoms with Crippen molar-refractivity contribution in [1.82, 2.24) is 4.98 Å². The van der Waals surface area contributed by atoms with E-state index >= 15 is 0 Å². The van der Waals surface area contributed by atoms with Gasteiger partial charge >= 0.3 is 5.97 Å². The highest BCUT2D eigenvalue weighted by atomic mass is 127. The van der Waals surface area contributed by atoms with E-state index in [4.69, 9.17) is 9.47 Å². The molecular formula is C12H14INO3. The fourth-order valence-corrected chi connectivity index (χ4v) is 2.12. The molecule has 1 saturated carbocycles. The monoisotopic (exact) mass is 347 g/mol. The number of carbonyl (C=O) groups excluding carboxylic acids is 1. The average Bonchev–Trinajstić information content (AvgIpc) is 3.12. The van der Waals surface area contributed by atoms with Gasteiger partial charge in [0.25, 0.3) is 0 Å². The molecule has 1 heterocycles. The molecule has 2 rings (SSSR count). The highest BCUT2D eigenvalue weighted by molar-refractivity contribution is 14.1. The van der Waals surface area contributed by atoms with E-state index in [2.05, 4.69) is 27.6 Å². The van der Waals surface area contributed by atoms with E-state index < -0.39 is 0 Å². The van der Waals surface area contributed by atoms with Crippen LogP contribution in [-0.4, -0.2) is 30.8 Å². The van der Waals surface area contributed by atoms with Gasteiger partial charge in [0.05, 0.1) is 12.2 Å². The van der Waals surface area contributed by atoms with Crippen molar-refractivity contribution in [3.05, 3.63) is 27.6 Å². The molecule has 1 fully saturated rings. The minimum atomic E-state index is -0.315. The third kappa shape index (κ3) is 3.64. The van der Waals surface area contributed by atoms with E-state index in [0.717, 1.165) is 16.4 Å². The second-order valence-electron chi connectivity index (χ2n) is 4.13. The third-order valence-corrected chi connectivity index (χ3v) is 3.27. The summed E-state index contributed by atoms with van der Waals surface area (Å²) in [6.07, 6.45) is 5.34. The fourth-order valence-electron chi connectivity index (χ4n) is 1.63. The molecular weight excluding hydrogens is 333 g/mol. The van der Waals surface area contributed by atoms with Gasteiger partial charge in [-0.2, -0.15) is 0 Å². The van der Waals surface area contributed by atoms with E-state index in [0.29, 0.717) is 18.1 Å². The second kappa shape index (κ2) is 5.77. The lowest BCUT2D eigenvalue weighted by Crippen LogP contribution is -2.25. The van der Waals surface area contributed by atoms with Crippen LogP contribution in [0.3, 0.4) is 0 Å². The number of hydrogen-bond acceptors (Lipinski definition) is 4. The Balaban J connectivity index is 1.99. The summed E-state index contributed by atoms with van der Waals surface area (Å²) in [6.45, 7) is 0.466. The van der Waals surface area contributed by atoms with E-state index in [-0.39, 0.29) is 12.1 Å². The Hall–Kier alpha value is -0.690. The highest BCUT2D eigenvalue weighted by Gasteiger charge is 2.34. The van der Waals surface area contributed by atoms with E-state index in [1.54, 1.807) is 19.4 Å². The first-order chi connectivity index (χ1) is 8.20. The van der Waals surface area contributed by atoms with Crippen LogP contribution in [0.2, 0.25) is 0 Å². The summed E-state index contributed by atoms with van der Waals surface area (Å²) in [4.78, 5) is 15.9. The summed E-state index contributed by atoms with van der Waals surface area (Å²) in [5.74, 6) is 0.152. The fraction of sp³-hybridized carbons (Fsp3) is 0.500. The molecule has 92 valence electrons. The number of esters is 1. The first-order valence-electron chi connectivity index (χ1n) is 5.51. The molecule has 0 aromatic carbocycles. The Bertz CT molecular complexity index is 406. The van der Waals surface area contributed by atoms with Crippen LogP contribution in [0.4, 0.5) is 0 Å². The lowest BCUT2D eigenvalue weighted by molar-refractivity contribution is -0.00175. The predicted molar refractivity (Wildman–Crippen MR) is 70.8 cm³/mol. The molecule has 0 spiro atoms. The summed E-state index contributed by atoms with van der Waals surface area (Å²) < 4.78 is 11.4. The van der Waals surface area contributed by atoms with Gasteiger partial charge in [0.1, 0.15) is 6.10 Å². The van der Waals surface area contributed by atoms with Crippen molar-refractivity contribution < 1.29 is 14.3 Å². The number of rotatable bonds is 5. The number of methoxy groups -OCH3 is 1. The van der Waals surface area contributed by atoms with Crippen molar-refractivity contribution >= 4 is 28.6 Å². The smallest absolute Gasteiger partial charge is 0.340 e. The molecule has 0 bridgehead atoms. The van der Waals surface area contributed by atoms with Gasteiger partial charge in [-0.15, -0.1) is 0 Å². The molecule has 4 nitrogen and oxygen atoms in total. The minimum absolute atomic E-state index is 0.120. The first-order valence-corrected chi connectivity index (χ1v) is 6.59. The van der Waals surface area contributed by atoms with Crippen LogP contribution in [0.1, 0.15) is 23.2 Å². The van der Waals surface area contributed by atoms with Crippen molar-refractivity contribution in [1.29, 1.82) is 0 Å². The zero-order chi connectivity index (χ0) is 12.3. The molecule has 1 aliphatic carbocycles. The number of halogens is 1. The molecule has 1 aromatic heterocycles. The molecule has 5 heteroatoms. The quantitative estimate of drug-likeness (QED) is 0.606. The SMILES string of the molecule is COC[C@@H](OC(=O)c1cncc(I)c1)C1CC1. The number of aromatic nitrogens is 1. The summed E-state index contributed by atoms with van der Waals surface area (Å²) in [5.41, 5.74) is 0.499. The minimum Gasteiger partial charge on any atom is -0.456 e. The Morgan fingerprint density at radius 1 is 1.59 bits per heavy atom. The maximum atomic E-state index is 11.9. The molecule has 17 heavy (non-hydrogen) atoms. The van der Waals surface area contributed by atoms with Crippen LogP contribution in [0.5, 0.6) is 0 Å². The van der Waals surface area contributed by atoms with Gasteiger partial charge in [-0.25, -0.2) is 4.79 Å². The number of ether oxygens (including phenoxy) is 2. The summed E-state index contributed by atoms with van der Waals surface area (Å²) in [5, 5.41) is 0. The number of hydrogen-bond donors (Lipinski definition) is 0. The molecule has 1 atom stereocenters. The van der Waals surface area contributed by atoms with Crippen LogP contribution in [-0.2, 0) is 9.47 Å². The molecule has 0 amide bonds. The summed E-state index contributed by atoms with van der Waals surface area (Å²) in [7, 11) is 1.62. The van der Waals surface area contributed by atoms with E-state index in [1.807, 2.05) is 0 Å². The van der Waals surface area contributed by atoms with Gasteiger partial charge in [-0.05, 0) is 47.4 Å². The zero-order valence-electron chi connectivity index (χ0n) is 9.56. The maximum Gasteiger partial charge on any atom is 0.340 e. The van der Waals surface area contributed by atoms with Gasteiger partial charge < -0.3 is 9.47 Å². The zero-order valence-corrected chi connectivity index (χ0v) is 11.7. The van der Waals surface area contributed by atoms with E-state index in [9.17, 15) is 4.79 Å². The van der Waals surface area contributed by atoms with Crippen molar-refractivity contribution in [2.24, 2.45) is 5.92 Å². The Morgan fingerprint density at radius 2 is 2.35 bits per heavy atom. The lowest BCUT2D eigenvalue weighted by atomic mass is 10.2. The lowest BCUT2D eigenvalue weighted by Gasteiger charge is -2.16. The summed E-state index contributed by atoms with van der Waals surface area (Å²) in [6, 6.07) is 1.77. The third-order valence-electron chi connectivity index (χ3n) is 2.68. The molecule has 0 radical (unpaired) electrons. The average molecular weight is 347 g/mol. The molecule has 0 aliphatic heterocycles. The van der Waals surface area contributed by atoms with Crippen LogP contribution in [0.25, 0.3) is 0 Å². The number of pyridine rings is 1. The van der Waals surface area contributed by atoms with Crippen LogP contribution in [0, 0.1) is 9.49 Å². The van der Waals surface area contributed by atoms with Gasteiger partial charge in [-0.3, -0.25) is 4.98 Å². The Morgan fingerprint density at radius 3 is 2.94 bits per heavy atom. The molecule has 0 N–H and O–H groups in total.